The van der Waals surface area contributed by atoms with E-state index < -0.39 is 0 Å². The summed E-state index contributed by atoms with van der Waals surface area (Å²) < 4.78 is 0. The number of rotatable bonds is 14. The zero-order chi connectivity index (χ0) is 26.9. The Morgan fingerprint density at radius 3 is 2.06 bits per heavy atom. The van der Waals surface area contributed by atoms with Crippen LogP contribution in [0.4, 0.5) is 0 Å². The second-order valence-corrected chi connectivity index (χ2v) is 9.33. The van der Waals surface area contributed by atoms with E-state index in [1.54, 1.807) is 0 Å². The summed E-state index contributed by atoms with van der Waals surface area (Å²) in [6.07, 6.45) is 20.6. The zero-order valence-corrected chi connectivity index (χ0v) is 24.8. The Balaban J connectivity index is 0.000000651. The van der Waals surface area contributed by atoms with Gasteiger partial charge in [0, 0.05) is 0 Å². The quantitative estimate of drug-likeness (QED) is 0.112. The summed E-state index contributed by atoms with van der Waals surface area (Å²) >= 11 is 4.22. The molecule has 0 bridgehead atoms. The molecule has 0 saturated heterocycles. The molecule has 0 unspecified atom stereocenters. The van der Waals surface area contributed by atoms with Gasteiger partial charge in [-0.2, -0.15) is 12.6 Å². The van der Waals surface area contributed by atoms with Crippen LogP contribution in [0.5, 0.6) is 0 Å². The molecule has 0 amide bonds. The van der Waals surface area contributed by atoms with Crippen LogP contribution in [0.25, 0.3) is 6.08 Å². The van der Waals surface area contributed by atoms with E-state index in [1.807, 2.05) is 19.9 Å². The minimum atomic E-state index is 0.943. The Hall–Kier alpha value is -2.21. The van der Waals surface area contributed by atoms with Crippen molar-refractivity contribution in [2.24, 2.45) is 0 Å². The van der Waals surface area contributed by atoms with Crippen molar-refractivity contribution in [3.05, 3.63) is 107 Å². The number of hydrogen-bond donors (Lipinski definition) is 1. The third kappa shape index (κ3) is 18.1. The molecule has 0 saturated carbocycles. The lowest BCUT2D eigenvalue weighted by Crippen LogP contribution is -1.87. The highest BCUT2D eigenvalue weighted by molar-refractivity contribution is 7.80. The van der Waals surface area contributed by atoms with Gasteiger partial charge in [0.1, 0.15) is 0 Å². The maximum absolute atomic E-state index is 4.22. The summed E-state index contributed by atoms with van der Waals surface area (Å²) in [6, 6.07) is 17.8. The highest BCUT2D eigenvalue weighted by Gasteiger charge is 1.95. The lowest BCUT2D eigenvalue weighted by molar-refractivity contribution is 0.717. The van der Waals surface area contributed by atoms with E-state index in [4.69, 9.17) is 0 Å². The summed E-state index contributed by atoms with van der Waals surface area (Å²) in [5.41, 5.74) is 9.78. The number of hydrogen-bond acceptors (Lipinski definition) is 1. The summed E-state index contributed by atoms with van der Waals surface area (Å²) in [4.78, 5) is 0. The molecule has 0 aliphatic heterocycles. The first-order chi connectivity index (χ1) is 17.6. The van der Waals surface area contributed by atoms with E-state index in [-0.39, 0.29) is 0 Å². The average molecular weight is 505 g/mol. The summed E-state index contributed by atoms with van der Waals surface area (Å²) in [6.45, 7) is 14.1. The van der Waals surface area contributed by atoms with Gasteiger partial charge in [-0.05, 0) is 99.3 Å². The van der Waals surface area contributed by atoms with Gasteiger partial charge in [0.15, 0.2) is 0 Å². The highest BCUT2D eigenvalue weighted by atomic mass is 32.1. The van der Waals surface area contributed by atoms with Crippen LogP contribution >= 0.6 is 12.6 Å². The molecule has 0 radical (unpaired) electrons. The first kappa shape index (κ1) is 33.8. The Kier molecular flexibility index (Phi) is 23.0. The van der Waals surface area contributed by atoms with Gasteiger partial charge in [-0.1, -0.05) is 113 Å². The Bertz CT molecular complexity index is 862. The van der Waals surface area contributed by atoms with Crippen molar-refractivity contribution in [1.29, 1.82) is 0 Å². The van der Waals surface area contributed by atoms with Crippen molar-refractivity contribution in [1.82, 2.24) is 0 Å². The van der Waals surface area contributed by atoms with Crippen LogP contribution in [0.15, 0.2) is 84.6 Å². The van der Waals surface area contributed by atoms with Crippen LogP contribution in [-0.4, -0.2) is 5.75 Å². The van der Waals surface area contributed by atoms with Crippen LogP contribution in [-0.2, 0) is 19.3 Å². The highest BCUT2D eigenvalue weighted by Crippen LogP contribution is 2.12. The molecule has 2 rings (SSSR count). The molecule has 0 N–H and O–H groups in total. The molecule has 0 aliphatic carbocycles. The molecular weight excluding hydrogens is 452 g/mol. The SMILES string of the molecule is C/C=C(/C)CCc1ccc(C=CCCCCS)cc1.C=C=CCc1ccc(CCCCC)cc1.CC. The molecule has 0 fully saturated rings. The molecule has 2 aromatic rings. The largest absolute Gasteiger partial charge is 0.179 e. The van der Waals surface area contributed by atoms with Crippen LogP contribution in [0.2, 0.25) is 0 Å². The molecule has 0 spiro atoms. The van der Waals surface area contributed by atoms with Crippen molar-refractivity contribution in [2.45, 2.75) is 98.8 Å². The fourth-order valence-corrected chi connectivity index (χ4v) is 3.71. The van der Waals surface area contributed by atoms with Gasteiger partial charge in [0.25, 0.3) is 0 Å². The zero-order valence-electron chi connectivity index (χ0n) is 23.9. The van der Waals surface area contributed by atoms with Crippen LogP contribution in [0.3, 0.4) is 0 Å². The Morgan fingerprint density at radius 1 is 0.861 bits per heavy atom. The van der Waals surface area contributed by atoms with Crippen molar-refractivity contribution >= 4 is 18.7 Å². The predicted molar refractivity (Wildman–Crippen MR) is 169 cm³/mol. The Labute approximate surface area is 229 Å². The second-order valence-electron chi connectivity index (χ2n) is 8.88. The second kappa shape index (κ2) is 24.5. The normalized spacial score (nSPS) is 10.7. The predicted octanol–water partition coefficient (Wildman–Crippen LogP) is 11.0. The fourth-order valence-electron chi connectivity index (χ4n) is 3.49. The van der Waals surface area contributed by atoms with E-state index in [2.05, 4.69) is 112 Å². The standard InChI is InChI=1S/C18H26S.C15H20.C2H6/c1-3-16(2)9-10-18-13-11-17(12-14-18)8-6-4-5-7-15-19;1-3-5-7-9-15-12-10-14(11-13-15)8-6-4-2;1-2/h3,6,8,11-14,19H,4-5,7,9-10,15H2,1-2H3;6,10-13H,2-3,5,7-9H2,1H3;1-2H3/b8-6?,16-3-;;. The van der Waals surface area contributed by atoms with Gasteiger partial charge in [0.2, 0.25) is 0 Å². The molecule has 0 heterocycles. The van der Waals surface area contributed by atoms with Gasteiger partial charge >= 0.3 is 0 Å². The third-order valence-corrected chi connectivity index (χ3v) is 6.26. The maximum Gasteiger partial charge on any atom is -0.00215 e. The molecule has 36 heavy (non-hydrogen) atoms. The molecule has 198 valence electrons. The van der Waals surface area contributed by atoms with Gasteiger partial charge in [0.05, 0.1) is 0 Å². The van der Waals surface area contributed by atoms with E-state index in [0.29, 0.717) is 0 Å². The summed E-state index contributed by atoms with van der Waals surface area (Å²) in [5.74, 6) is 0.994. The lowest BCUT2D eigenvalue weighted by atomic mass is 10.0. The van der Waals surface area contributed by atoms with E-state index in [9.17, 15) is 0 Å². The number of unbranched alkanes of at least 4 members (excludes halogenated alkanes) is 4. The van der Waals surface area contributed by atoms with E-state index in [0.717, 1.165) is 31.4 Å². The smallest absolute Gasteiger partial charge is 0.00215 e. The van der Waals surface area contributed by atoms with Crippen molar-refractivity contribution < 1.29 is 0 Å². The number of allylic oxidation sites excluding steroid dienone is 4. The van der Waals surface area contributed by atoms with Crippen molar-refractivity contribution in [3.8, 4) is 0 Å². The van der Waals surface area contributed by atoms with Crippen LogP contribution in [0.1, 0.15) is 102 Å². The monoisotopic (exact) mass is 504 g/mol. The molecular formula is C35H52S. The molecule has 0 aromatic heterocycles. The number of aryl methyl sites for hydroxylation is 2. The van der Waals surface area contributed by atoms with Crippen LogP contribution < -0.4 is 0 Å². The molecule has 1 heteroatoms. The third-order valence-electron chi connectivity index (χ3n) is 5.94. The summed E-state index contributed by atoms with van der Waals surface area (Å²) in [5, 5.41) is 0. The topological polar surface area (TPSA) is 0 Å². The molecule has 2 aromatic carbocycles. The minimum Gasteiger partial charge on any atom is -0.179 e. The van der Waals surface area contributed by atoms with Crippen molar-refractivity contribution in [3.63, 3.8) is 0 Å². The van der Waals surface area contributed by atoms with E-state index in [1.165, 1.54) is 66.4 Å². The van der Waals surface area contributed by atoms with E-state index >= 15 is 0 Å². The minimum absolute atomic E-state index is 0.943. The molecule has 0 nitrogen and oxygen atoms in total. The van der Waals surface area contributed by atoms with Gasteiger partial charge in [-0.15, -0.1) is 5.73 Å². The van der Waals surface area contributed by atoms with Crippen molar-refractivity contribution in [2.75, 3.05) is 5.75 Å². The molecule has 0 aliphatic rings. The van der Waals surface area contributed by atoms with Gasteiger partial charge in [-0.3, -0.25) is 0 Å². The van der Waals surface area contributed by atoms with Gasteiger partial charge < -0.3 is 0 Å². The summed E-state index contributed by atoms with van der Waals surface area (Å²) in [7, 11) is 0. The number of thiol groups is 1. The first-order valence-corrected chi connectivity index (χ1v) is 14.7. The van der Waals surface area contributed by atoms with Gasteiger partial charge in [-0.25, -0.2) is 0 Å². The molecule has 0 atom stereocenters. The first-order valence-electron chi connectivity index (χ1n) is 14.0. The number of benzene rings is 2. The average Bonchev–Trinajstić information content (AvgIpc) is 2.93. The fraction of sp³-hybridized carbons (Fsp3) is 0.457. The van der Waals surface area contributed by atoms with Crippen LogP contribution in [0, 0.1) is 0 Å². The Morgan fingerprint density at radius 2 is 1.47 bits per heavy atom. The lowest BCUT2D eigenvalue weighted by Gasteiger charge is -2.02. The maximum atomic E-state index is 4.22.